The molecule has 0 aliphatic carbocycles. The van der Waals surface area contributed by atoms with Gasteiger partial charge in [0.15, 0.2) is 0 Å². The number of methoxy groups -OCH3 is 1. The lowest BCUT2D eigenvalue weighted by Gasteiger charge is -2.10. The van der Waals surface area contributed by atoms with Gasteiger partial charge in [-0.2, -0.15) is 0 Å². The number of hydrogen-bond donors (Lipinski definition) is 2. The first-order valence-electron chi connectivity index (χ1n) is 8.60. The number of aromatic nitrogens is 2. The standard InChI is InChI=1S/C20H23N3O3/c1-5-23-13(3)18(14-8-6-7-9-16(14)23)20(25)21-11-15-17(26-4)10-12(2)22-19(15)24/h6-10H,5,11H2,1-4H3,(H,21,25)(H,22,24). The van der Waals surface area contributed by atoms with Crippen molar-refractivity contribution in [2.45, 2.75) is 33.9 Å². The van der Waals surface area contributed by atoms with Crippen LogP contribution in [0.15, 0.2) is 35.1 Å². The topological polar surface area (TPSA) is 76.1 Å². The Morgan fingerprint density at radius 1 is 1.27 bits per heavy atom. The third-order valence-corrected chi connectivity index (χ3v) is 4.65. The van der Waals surface area contributed by atoms with E-state index in [2.05, 4.69) is 21.8 Å². The number of H-pyrrole nitrogens is 1. The third-order valence-electron chi connectivity index (χ3n) is 4.65. The van der Waals surface area contributed by atoms with Crippen molar-refractivity contribution in [3.8, 4) is 5.75 Å². The Hall–Kier alpha value is -3.02. The fraction of sp³-hybridized carbons (Fsp3) is 0.300. The molecule has 3 aromatic rings. The highest BCUT2D eigenvalue weighted by Crippen LogP contribution is 2.26. The summed E-state index contributed by atoms with van der Waals surface area (Å²) in [5.74, 6) is 0.271. The van der Waals surface area contributed by atoms with Crippen LogP contribution >= 0.6 is 0 Å². The number of para-hydroxylation sites is 1. The molecule has 0 atom stereocenters. The molecule has 0 unspecified atom stereocenters. The molecule has 1 amide bonds. The van der Waals surface area contributed by atoms with Gasteiger partial charge in [0.2, 0.25) is 0 Å². The van der Waals surface area contributed by atoms with E-state index in [4.69, 9.17) is 4.74 Å². The van der Waals surface area contributed by atoms with E-state index in [0.717, 1.165) is 23.1 Å². The number of carbonyl (C=O) groups excluding carboxylic acids is 1. The van der Waals surface area contributed by atoms with Crippen molar-refractivity contribution in [3.05, 3.63) is 63.2 Å². The molecule has 0 saturated carbocycles. The Morgan fingerprint density at radius 2 is 2.00 bits per heavy atom. The van der Waals surface area contributed by atoms with Crippen molar-refractivity contribution in [1.82, 2.24) is 14.9 Å². The summed E-state index contributed by atoms with van der Waals surface area (Å²) >= 11 is 0. The van der Waals surface area contributed by atoms with Gasteiger partial charge in [-0.1, -0.05) is 18.2 Å². The number of aromatic amines is 1. The van der Waals surface area contributed by atoms with E-state index in [1.807, 2.05) is 31.2 Å². The average molecular weight is 353 g/mol. The first-order valence-corrected chi connectivity index (χ1v) is 8.60. The highest BCUT2D eigenvalue weighted by Gasteiger charge is 2.20. The lowest BCUT2D eigenvalue weighted by Crippen LogP contribution is -2.28. The highest BCUT2D eigenvalue weighted by molar-refractivity contribution is 6.08. The maximum Gasteiger partial charge on any atom is 0.256 e. The third kappa shape index (κ3) is 2.98. The largest absolute Gasteiger partial charge is 0.496 e. The normalized spacial score (nSPS) is 10.9. The van der Waals surface area contributed by atoms with E-state index in [1.165, 1.54) is 7.11 Å². The lowest BCUT2D eigenvalue weighted by atomic mass is 10.1. The number of ether oxygens (including phenoxy) is 1. The highest BCUT2D eigenvalue weighted by atomic mass is 16.5. The number of amides is 1. The van der Waals surface area contributed by atoms with Crippen molar-refractivity contribution < 1.29 is 9.53 Å². The first-order chi connectivity index (χ1) is 12.5. The number of aryl methyl sites for hydroxylation is 2. The molecule has 0 aliphatic rings. The van der Waals surface area contributed by atoms with Crippen LogP contribution in [0.1, 0.15) is 34.2 Å². The quantitative estimate of drug-likeness (QED) is 0.740. The van der Waals surface area contributed by atoms with E-state index >= 15 is 0 Å². The second-order valence-electron chi connectivity index (χ2n) is 6.23. The summed E-state index contributed by atoms with van der Waals surface area (Å²) in [6, 6.07) is 9.59. The molecule has 3 rings (SSSR count). The second kappa shape index (κ2) is 7.07. The number of benzene rings is 1. The minimum Gasteiger partial charge on any atom is -0.496 e. The van der Waals surface area contributed by atoms with E-state index in [9.17, 15) is 9.59 Å². The summed E-state index contributed by atoms with van der Waals surface area (Å²) in [5.41, 5.74) is 3.45. The molecule has 26 heavy (non-hydrogen) atoms. The zero-order chi connectivity index (χ0) is 18.8. The predicted molar refractivity (Wildman–Crippen MR) is 102 cm³/mol. The molecule has 6 heteroatoms. The molecule has 0 radical (unpaired) electrons. The summed E-state index contributed by atoms with van der Waals surface area (Å²) in [6.45, 7) is 6.67. The Balaban J connectivity index is 1.95. The van der Waals surface area contributed by atoms with Crippen molar-refractivity contribution in [2.75, 3.05) is 7.11 Å². The summed E-state index contributed by atoms with van der Waals surface area (Å²) < 4.78 is 7.40. The summed E-state index contributed by atoms with van der Waals surface area (Å²) in [6.07, 6.45) is 0. The fourth-order valence-electron chi connectivity index (χ4n) is 3.42. The molecular weight excluding hydrogens is 330 g/mol. The number of hydrogen-bond acceptors (Lipinski definition) is 3. The van der Waals surface area contributed by atoms with Gasteiger partial charge in [0.05, 0.1) is 24.8 Å². The van der Waals surface area contributed by atoms with Crippen LogP contribution in [0.4, 0.5) is 0 Å². The van der Waals surface area contributed by atoms with Gasteiger partial charge in [0, 0.05) is 28.8 Å². The molecule has 2 heterocycles. The molecule has 2 N–H and O–H groups in total. The smallest absolute Gasteiger partial charge is 0.256 e. The van der Waals surface area contributed by atoms with Gasteiger partial charge >= 0.3 is 0 Å². The summed E-state index contributed by atoms with van der Waals surface area (Å²) in [5, 5.41) is 3.78. The van der Waals surface area contributed by atoms with Crippen LogP contribution in [0.5, 0.6) is 5.75 Å². The number of nitrogens with one attached hydrogen (secondary N) is 2. The molecule has 0 fully saturated rings. The van der Waals surface area contributed by atoms with Crippen LogP contribution in [0.3, 0.4) is 0 Å². The van der Waals surface area contributed by atoms with Gasteiger partial charge in [-0.3, -0.25) is 9.59 Å². The Kier molecular flexibility index (Phi) is 4.84. The molecule has 0 aliphatic heterocycles. The van der Waals surface area contributed by atoms with Crippen LogP contribution in [0, 0.1) is 13.8 Å². The number of rotatable bonds is 5. The zero-order valence-corrected chi connectivity index (χ0v) is 15.5. The van der Waals surface area contributed by atoms with Crippen LogP contribution in [-0.4, -0.2) is 22.6 Å². The predicted octanol–water partition coefficient (Wildman–Crippen LogP) is 2.90. The number of carbonyl (C=O) groups is 1. The maximum absolute atomic E-state index is 12.9. The SMILES string of the molecule is CCn1c(C)c(C(=O)NCc2c(OC)cc(C)[nH]c2=O)c2ccccc21. The zero-order valence-electron chi connectivity index (χ0n) is 15.5. The van der Waals surface area contributed by atoms with Gasteiger partial charge in [0.25, 0.3) is 11.5 Å². The van der Waals surface area contributed by atoms with Crippen molar-refractivity contribution in [2.24, 2.45) is 0 Å². The molecular formula is C20H23N3O3. The molecule has 0 saturated heterocycles. The van der Waals surface area contributed by atoms with Crippen molar-refractivity contribution in [1.29, 1.82) is 0 Å². The minimum atomic E-state index is -0.255. The number of pyridine rings is 1. The first kappa shape index (κ1) is 17.8. The molecule has 2 aromatic heterocycles. The van der Waals surface area contributed by atoms with Gasteiger partial charge < -0.3 is 19.6 Å². The van der Waals surface area contributed by atoms with Crippen molar-refractivity contribution in [3.63, 3.8) is 0 Å². The Morgan fingerprint density at radius 3 is 2.69 bits per heavy atom. The van der Waals surface area contributed by atoms with Crippen molar-refractivity contribution >= 4 is 16.8 Å². The molecule has 136 valence electrons. The van der Waals surface area contributed by atoms with Crippen LogP contribution in [0.2, 0.25) is 0 Å². The monoisotopic (exact) mass is 353 g/mol. The minimum absolute atomic E-state index is 0.0999. The van der Waals surface area contributed by atoms with Crippen LogP contribution in [0.25, 0.3) is 10.9 Å². The molecule has 6 nitrogen and oxygen atoms in total. The number of nitrogens with zero attached hydrogens (tertiary/aromatic N) is 1. The van der Waals surface area contributed by atoms with E-state index in [0.29, 0.717) is 22.6 Å². The van der Waals surface area contributed by atoms with Gasteiger partial charge in [-0.05, 0) is 32.9 Å². The fourth-order valence-corrected chi connectivity index (χ4v) is 3.42. The summed E-state index contributed by atoms with van der Waals surface area (Å²) in [4.78, 5) is 27.8. The average Bonchev–Trinajstić information content (AvgIpc) is 2.91. The van der Waals surface area contributed by atoms with Gasteiger partial charge in [-0.25, -0.2) is 0 Å². The Labute approximate surface area is 151 Å². The summed E-state index contributed by atoms with van der Waals surface area (Å²) in [7, 11) is 1.51. The van der Waals surface area contributed by atoms with Crippen LogP contribution < -0.4 is 15.6 Å². The van der Waals surface area contributed by atoms with E-state index in [1.54, 1.807) is 13.0 Å². The molecule has 0 bridgehead atoms. The van der Waals surface area contributed by atoms with Crippen LogP contribution in [-0.2, 0) is 13.1 Å². The van der Waals surface area contributed by atoms with E-state index in [-0.39, 0.29) is 18.0 Å². The molecule has 1 aromatic carbocycles. The Bertz CT molecular complexity index is 1030. The number of fused-ring (bicyclic) bond motifs is 1. The molecule has 0 spiro atoms. The maximum atomic E-state index is 12.9. The second-order valence-corrected chi connectivity index (χ2v) is 6.23. The lowest BCUT2D eigenvalue weighted by molar-refractivity contribution is 0.0951. The van der Waals surface area contributed by atoms with Gasteiger partial charge in [0.1, 0.15) is 5.75 Å². The van der Waals surface area contributed by atoms with E-state index < -0.39 is 0 Å². The van der Waals surface area contributed by atoms with Gasteiger partial charge in [-0.15, -0.1) is 0 Å².